The fourth-order valence-electron chi connectivity index (χ4n) is 2.54. The summed E-state index contributed by atoms with van der Waals surface area (Å²) in [4.78, 5) is 32.3. The summed E-state index contributed by atoms with van der Waals surface area (Å²) in [6, 6.07) is 5.16. The molecule has 24 heavy (non-hydrogen) atoms. The van der Waals surface area contributed by atoms with Gasteiger partial charge in [0.15, 0.2) is 0 Å². The van der Waals surface area contributed by atoms with E-state index in [1.807, 2.05) is 6.92 Å². The van der Waals surface area contributed by atoms with Gasteiger partial charge in [0.2, 0.25) is 17.8 Å². The monoisotopic (exact) mass is 346 g/mol. The number of anilines is 4. The number of carbonyl (C=O) groups is 2. The van der Waals surface area contributed by atoms with Gasteiger partial charge in [0, 0.05) is 17.1 Å². The molecule has 0 aliphatic carbocycles. The van der Waals surface area contributed by atoms with Crippen molar-refractivity contribution < 1.29 is 9.59 Å². The van der Waals surface area contributed by atoms with Crippen LogP contribution in [0.2, 0.25) is 5.02 Å². The summed E-state index contributed by atoms with van der Waals surface area (Å²) in [6.45, 7) is 1.86. The van der Waals surface area contributed by atoms with E-state index < -0.39 is 11.8 Å². The molecule has 1 atom stereocenters. The zero-order valence-corrected chi connectivity index (χ0v) is 13.5. The minimum atomic E-state index is -0.811. The molecule has 9 heteroatoms. The van der Waals surface area contributed by atoms with Crippen LogP contribution in [-0.2, 0) is 9.59 Å². The van der Waals surface area contributed by atoms with E-state index in [1.54, 1.807) is 18.2 Å². The SMILES string of the molecule is Cc1ccc(NC(=O)[C@H]2CC(=O)Nc3nc(N)nc(N)c32)cc1Cl. The number of amides is 2. The first-order valence-electron chi connectivity index (χ1n) is 7.15. The van der Waals surface area contributed by atoms with E-state index in [4.69, 9.17) is 23.1 Å². The zero-order chi connectivity index (χ0) is 17.4. The van der Waals surface area contributed by atoms with Gasteiger partial charge in [0.05, 0.1) is 11.5 Å². The van der Waals surface area contributed by atoms with Gasteiger partial charge in [0.1, 0.15) is 11.6 Å². The molecule has 1 aliphatic rings. The van der Waals surface area contributed by atoms with E-state index >= 15 is 0 Å². The molecule has 0 radical (unpaired) electrons. The number of nitrogens with one attached hydrogen (secondary N) is 2. The molecule has 6 N–H and O–H groups in total. The molecule has 8 nitrogen and oxygen atoms in total. The molecule has 124 valence electrons. The molecule has 2 aromatic rings. The number of benzene rings is 1. The summed E-state index contributed by atoms with van der Waals surface area (Å²) in [5.74, 6) is -1.39. The second kappa shape index (κ2) is 5.97. The van der Waals surface area contributed by atoms with Crippen molar-refractivity contribution in [3.8, 4) is 0 Å². The lowest BCUT2D eigenvalue weighted by molar-refractivity contribution is -0.123. The van der Waals surface area contributed by atoms with E-state index in [-0.39, 0.29) is 29.9 Å². The minimum absolute atomic E-state index is 0.0596. The number of carbonyl (C=O) groups excluding carboxylic acids is 2. The Balaban J connectivity index is 1.93. The Morgan fingerprint density at radius 1 is 1.38 bits per heavy atom. The van der Waals surface area contributed by atoms with Crippen LogP contribution in [-0.4, -0.2) is 21.8 Å². The molecule has 0 fully saturated rings. The first-order chi connectivity index (χ1) is 11.3. The van der Waals surface area contributed by atoms with E-state index in [0.29, 0.717) is 16.3 Å². The van der Waals surface area contributed by atoms with Crippen LogP contribution >= 0.6 is 11.6 Å². The summed E-state index contributed by atoms with van der Waals surface area (Å²) >= 11 is 6.06. The third-order valence-electron chi connectivity index (χ3n) is 3.74. The van der Waals surface area contributed by atoms with Gasteiger partial charge >= 0.3 is 0 Å². The number of aryl methyl sites for hydroxylation is 1. The third kappa shape index (κ3) is 2.95. The largest absolute Gasteiger partial charge is 0.383 e. The van der Waals surface area contributed by atoms with E-state index in [2.05, 4.69) is 20.6 Å². The second-order valence-electron chi connectivity index (χ2n) is 5.49. The molecule has 2 heterocycles. The van der Waals surface area contributed by atoms with Gasteiger partial charge in [-0.05, 0) is 24.6 Å². The van der Waals surface area contributed by atoms with Crippen LogP contribution in [0.3, 0.4) is 0 Å². The van der Waals surface area contributed by atoms with Crippen molar-refractivity contribution in [1.82, 2.24) is 9.97 Å². The smallest absolute Gasteiger partial charge is 0.232 e. The number of halogens is 1. The Labute approximate surface area is 142 Å². The Morgan fingerprint density at radius 2 is 2.12 bits per heavy atom. The molecule has 0 saturated heterocycles. The maximum absolute atomic E-state index is 12.6. The Bertz CT molecular complexity index is 854. The second-order valence-corrected chi connectivity index (χ2v) is 5.89. The lowest BCUT2D eigenvalue weighted by Gasteiger charge is -2.25. The standard InChI is InChI=1S/C15H15ClN6O2/c1-6-2-3-7(4-9(6)16)19-14(24)8-5-10(23)20-13-11(8)12(17)21-15(18)22-13/h2-4,8H,5H2,1H3,(H,19,24)(H5,17,18,20,21,22,23)/t8-/m0/s1. The molecule has 1 aliphatic heterocycles. The number of nitrogens with two attached hydrogens (primary N) is 2. The van der Waals surface area contributed by atoms with Gasteiger partial charge in [-0.25, -0.2) is 0 Å². The van der Waals surface area contributed by atoms with E-state index in [9.17, 15) is 9.59 Å². The number of aromatic nitrogens is 2. The highest BCUT2D eigenvalue weighted by atomic mass is 35.5. The minimum Gasteiger partial charge on any atom is -0.383 e. The van der Waals surface area contributed by atoms with Gasteiger partial charge in [0.25, 0.3) is 0 Å². The van der Waals surface area contributed by atoms with Crippen LogP contribution in [0, 0.1) is 6.92 Å². The normalized spacial score (nSPS) is 16.2. The molecule has 3 rings (SSSR count). The lowest BCUT2D eigenvalue weighted by atomic mass is 9.92. The summed E-state index contributed by atoms with van der Waals surface area (Å²) in [6.07, 6.45) is -0.0596. The van der Waals surface area contributed by atoms with Crippen LogP contribution in [0.5, 0.6) is 0 Å². The summed E-state index contributed by atoms with van der Waals surface area (Å²) in [5, 5.41) is 5.83. The fraction of sp³-hybridized carbons (Fsp3) is 0.200. The number of fused-ring (bicyclic) bond motifs is 1. The highest BCUT2D eigenvalue weighted by Crippen LogP contribution is 2.35. The maximum atomic E-state index is 12.6. The average molecular weight is 347 g/mol. The van der Waals surface area contributed by atoms with Gasteiger partial charge in [-0.2, -0.15) is 9.97 Å². The molecule has 0 saturated carbocycles. The lowest BCUT2D eigenvalue weighted by Crippen LogP contribution is -2.32. The van der Waals surface area contributed by atoms with Crippen LogP contribution < -0.4 is 22.1 Å². The van der Waals surface area contributed by atoms with E-state index in [1.165, 1.54) is 0 Å². The third-order valence-corrected chi connectivity index (χ3v) is 4.15. The Morgan fingerprint density at radius 3 is 2.83 bits per heavy atom. The first kappa shape index (κ1) is 16.0. The van der Waals surface area contributed by atoms with Gasteiger partial charge in [-0.1, -0.05) is 17.7 Å². The van der Waals surface area contributed by atoms with Crippen molar-refractivity contribution >= 4 is 46.7 Å². The topological polar surface area (TPSA) is 136 Å². The molecule has 1 aromatic heterocycles. The van der Waals surface area contributed by atoms with Crippen molar-refractivity contribution in [2.75, 3.05) is 22.1 Å². The highest BCUT2D eigenvalue weighted by Gasteiger charge is 2.34. The molecule has 2 amide bonds. The van der Waals surface area contributed by atoms with Crippen LogP contribution in [0.1, 0.15) is 23.5 Å². The number of rotatable bonds is 2. The van der Waals surface area contributed by atoms with Crippen molar-refractivity contribution in [1.29, 1.82) is 0 Å². The van der Waals surface area contributed by atoms with Crippen LogP contribution in [0.25, 0.3) is 0 Å². The van der Waals surface area contributed by atoms with Crippen LogP contribution in [0.15, 0.2) is 18.2 Å². The van der Waals surface area contributed by atoms with Gasteiger partial charge in [-0.15, -0.1) is 0 Å². The van der Waals surface area contributed by atoms with Crippen molar-refractivity contribution in [3.63, 3.8) is 0 Å². The number of nitrogens with zero attached hydrogens (tertiary/aromatic N) is 2. The van der Waals surface area contributed by atoms with Crippen LogP contribution in [0.4, 0.5) is 23.3 Å². The molecular weight excluding hydrogens is 332 g/mol. The zero-order valence-electron chi connectivity index (χ0n) is 12.8. The molecule has 0 spiro atoms. The number of nitrogen functional groups attached to an aromatic ring is 2. The first-order valence-corrected chi connectivity index (χ1v) is 7.52. The Kier molecular flexibility index (Phi) is 3.98. The predicted octanol–water partition coefficient (Wildman–Crippen LogP) is 1.67. The highest BCUT2D eigenvalue weighted by molar-refractivity contribution is 6.31. The predicted molar refractivity (Wildman–Crippen MR) is 91.7 cm³/mol. The number of hydrogen-bond acceptors (Lipinski definition) is 6. The summed E-state index contributed by atoms with van der Waals surface area (Å²) in [5.41, 5.74) is 13.2. The quantitative estimate of drug-likeness (QED) is 0.653. The summed E-state index contributed by atoms with van der Waals surface area (Å²) in [7, 11) is 0. The van der Waals surface area contributed by atoms with E-state index in [0.717, 1.165) is 5.56 Å². The Hall–Kier alpha value is -2.87. The van der Waals surface area contributed by atoms with Gasteiger partial charge < -0.3 is 22.1 Å². The fourth-order valence-corrected chi connectivity index (χ4v) is 2.72. The van der Waals surface area contributed by atoms with Crippen molar-refractivity contribution in [2.24, 2.45) is 0 Å². The van der Waals surface area contributed by atoms with Gasteiger partial charge in [-0.3, -0.25) is 9.59 Å². The number of hydrogen-bond donors (Lipinski definition) is 4. The molecule has 0 unspecified atom stereocenters. The summed E-state index contributed by atoms with van der Waals surface area (Å²) < 4.78 is 0. The molecule has 0 bridgehead atoms. The molecular formula is C15H15ClN6O2. The van der Waals surface area contributed by atoms with Crippen molar-refractivity contribution in [2.45, 2.75) is 19.3 Å². The maximum Gasteiger partial charge on any atom is 0.232 e. The average Bonchev–Trinajstić information content (AvgIpc) is 2.49. The molecule has 1 aromatic carbocycles. The van der Waals surface area contributed by atoms with Crippen molar-refractivity contribution in [3.05, 3.63) is 34.3 Å².